The molecule has 35 heavy (non-hydrogen) atoms. The fourth-order valence-corrected chi connectivity index (χ4v) is 5.56. The average Bonchev–Trinajstić information content (AvgIpc) is 3.33. The second-order valence-electron chi connectivity index (χ2n) is 8.60. The molecule has 1 aromatic heterocycles. The second kappa shape index (κ2) is 9.92. The van der Waals surface area contributed by atoms with Crippen LogP contribution >= 0.6 is 11.3 Å². The number of esters is 2. The number of rotatable bonds is 6. The highest BCUT2D eigenvalue weighted by molar-refractivity contribution is 7.14. The molecule has 3 unspecified atom stereocenters. The van der Waals surface area contributed by atoms with Gasteiger partial charge in [0.25, 0.3) is 0 Å². The van der Waals surface area contributed by atoms with Gasteiger partial charge in [-0.2, -0.15) is 0 Å². The Morgan fingerprint density at radius 2 is 1.71 bits per heavy atom. The summed E-state index contributed by atoms with van der Waals surface area (Å²) in [6.45, 7) is 5.76. The van der Waals surface area contributed by atoms with E-state index in [0.717, 1.165) is 11.3 Å². The van der Waals surface area contributed by atoms with Gasteiger partial charge in [-0.1, -0.05) is 60.2 Å². The third kappa shape index (κ3) is 4.30. The Hall–Kier alpha value is -3.65. The molecule has 0 amide bonds. The largest absolute Gasteiger partial charge is 0.468 e. The van der Waals surface area contributed by atoms with Gasteiger partial charge in [-0.05, 0) is 26.3 Å². The first-order chi connectivity index (χ1) is 16.8. The number of aromatic nitrogens is 1. The lowest BCUT2D eigenvalue weighted by atomic mass is 9.64. The number of nitrogens with one attached hydrogen (secondary N) is 2. The molecule has 2 N–H and O–H groups in total. The van der Waals surface area contributed by atoms with Crippen LogP contribution in [0.5, 0.6) is 0 Å². The highest BCUT2D eigenvalue weighted by Gasteiger charge is 2.58. The van der Waals surface area contributed by atoms with Gasteiger partial charge in [0.15, 0.2) is 5.13 Å². The van der Waals surface area contributed by atoms with E-state index in [1.54, 1.807) is 0 Å². The fraction of sp³-hybridized carbons (Fsp3) is 0.296. The lowest BCUT2D eigenvalue weighted by molar-refractivity contribution is -0.149. The summed E-state index contributed by atoms with van der Waals surface area (Å²) in [5.74, 6) is -0.996. The van der Waals surface area contributed by atoms with E-state index in [-0.39, 0.29) is 0 Å². The van der Waals surface area contributed by atoms with Gasteiger partial charge >= 0.3 is 11.9 Å². The predicted octanol–water partition coefficient (Wildman–Crippen LogP) is 4.45. The number of carbonyl (C=O) groups is 2. The third-order valence-electron chi connectivity index (χ3n) is 6.56. The third-order valence-corrected chi connectivity index (χ3v) is 7.34. The normalized spacial score (nSPS) is 21.7. The molecule has 3 aromatic rings. The van der Waals surface area contributed by atoms with E-state index in [2.05, 4.69) is 10.6 Å². The summed E-state index contributed by atoms with van der Waals surface area (Å²) < 4.78 is 10.5. The number of nitrogens with zero attached hydrogens (tertiary/aromatic N) is 1. The second-order valence-corrected chi connectivity index (χ2v) is 9.46. The molecule has 0 aliphatic carbocycles. The smallest absolute Gasteiger partial charge is 0.337 e. The summed E-state index contributed by atoms with van der Waals surface area (Å²) in [6.07, 6.45) is 0. The van der Waals surface area contributed by atoms with E-state index in [0.29, 0.717) is 22.0 Å². The number of hydrogen-bond donors (Lipinski definition) is 2. The molecule has 0 saturated heterocycles. The number of benzene rings is 2. The van der Waals surface area contributed by atoms with Gasteiger partial charge in [0, 0.05) is 22.7 Å². The van der Waals surface area contributed by atoms with Gasteiger partial charge in [0.2, 0.25) is 0 Å². The zero-order chi connectivity index (χ0) is 25.2. The predicted molar refractivity (Wildman–Crippen MR) is 137 cm³/mol. The average molecular weight is 492 g/mol. The van der Waals surface area contributed by atoms with Crippen LogP contribution < -0.4 is 10.6 Å². The molecular weight excluding hydrogens is 462 g/mol. The molecule has 0 saturated carbocycles. The minimum atomic E-state index is -1.27. The summed E-state index contributed by atoms with van der Waals surface area (Å²) in [6, 6.07) is 16.3. The molecule has 182 valence electrons. The topological polar surface area (TPSA) is 89.5 Å². The van der Waals surface area contributed by atoms with Crippen molar-refractivity contribution in [3.8, 4) is 11.3 Å². The first kappa shape index (κ1) is 24.5. The van der Waals surface area contributed by atoms with Crippen LogP contribution in [0.15, 0.2) is 71.2 Å². The molecule has 4 rings (SSSR count). The van der Waals surface area contributed by atoms with Crippen molar-refractivity contribution < 1.29 is 19.1 Å². The quantitative estimate of drug-likeness (QED) is 0.493. The summed E-state index contributed by atoms with van der Waals surface area (Å²) in [5, 5.41) is 9.28. The van der Waals surface area contributed by atoms with Crippen LogP contribution in [0.3, 0.4) is 0 Å². The SMILES string of the molecule is COC(=O)C1=C(C)NC(C)C(C(=O)OC)(c2ccccc2)C1Nc1nc(-c2ccc(C)cc2)cs1. The lowest BCUT2D eigenvalue weighted by Gasteiger charge is -2.47. The molecule has 0 spiro atoms. The number of hydrogen-bond acceptors (Lipinski definition) is 8. The van der Waals surface area contributed by atoms with Crippen LogP contribution in [0.2, 0.25) is 0 Å². The van der Waals surface area contributed by atoms with Crippen molar-refractivity contribution in [1.29, 1.82) is 0 Å². The maximum Gasteiger partial charge on any atom is 0.337 e. The molecule has 0 bridgehead atoms. The van der Waals surface area contributed by atoms with Gasteiger partial charge in [-0.25, -0.2) is 9.78 Å². The Bertz CT molecular complexity index is 1250. The first-order valence-corrected chi connectivity index (χ1v) is 12.2. The summed E-state index contributed by atoms with van der Waals surface area (Å²) in [7, 11) is 2.69. The van der Waals surface area contributed by atoms with Crippen LogP contribution in [0.4, 0.5) is 5.13 Å². The Balaban J connectivity index is 1.87. The zero-order valence-corrected chi connectivity index (χ0v) is 21.2. The van der Waals surface area contributed by atoms with Crippen LogP contribution in [0.25, 0.3) is 11.3 Å². The standard InChI is InChI=1S/C27H29N3O4S/c1-16-11-13-19(14-12-16)21-15-35-26(29-21)30-23-22(24(31)33-4)17(2)28-18(3)27(23,25(32)34-5)20-9-7-6-8-10-20/h6-15,18,23,28H,1-5H3,(H,29,30). The number of carbonyl (C=O) groups excluding carboxylic acids is 2. The summed E-state index contributed by atoms with van der Waals surface area (Å²) in [5.41, 5.74) is 3.37. The maximum atomic E-state index is 13.6. The molecule has 0 fully saturated rings. The monoisotopic (exact) mass is 491 g/mol. The molecule has 1 aliphatic heterocycles. The van der Waals surface area contributed by atoms with E-state index in [1.165, 1.54) is 31.1 Å². The van der Waals surface area contributed by atoms with E-state index in [1.807, 2.05) is 80.7 Å². The Kier molecular flexibility index (Phi) is 6.93. The van der Waals surface area contributed by atoms with Crippen molar-refractivity contribution >= 4 is 28.4 Å². The van der Waals surface area contributed by atoms with Crippen LogP contribution in [0.1, 0.15) is 25.0 Å². The number of methoxy groups -OCH3 is 2. The zero-order valence-electron chi connectivity index (χ0n) is 20.4. The van der Waals surface area contributed by atoms with Crippen molar-refractivity contribution in [2.24, 2.45) is 0 Å². The fourth-order valence-electron chi connectivity index (χ4n) is 4.81. The van der Waals surface area contributed by atoms with Crippen molar-refractivity contribution in [3.63, 3.8) is 0 Å². The number of aryl methyl sites for hydroxylation is 1. The highest BCUT2D eigenvalue weighted by atomic mass is 32.1. The van der Waals surface area contributed by atoms with Gasteiger partial charge < -0.3 is 20.1 Å². The van der Waals surface area contributed by atoms with Crippen LogP contribution in [0, 0.1) is 6.92 Å². The van der Waals surface area contributed by atoms with Crippen molar-refractivity contribution in [3.05, 3.63) is 82.4 Å². The Labute approximate surface area is 209 Å². The number of ether oxygens (including phenoxy) is 2. The minimum absolute atomic E-state index is 0.326. The lowest BCUT2D eigenvalue weighted by Crippen LogP contribution is -2.65. The van der Waals surface area contributed by atoms with Crippen molar-refractivity contribution in [2.75, 3.05) is 19.5 Å². The minimum Gasteiger partial charge on any atom is -0.468 e. The summed E-state index contributed by atoms with van der Waals surface area (Å²) in [4.78, 5) is 31.5. The molecule has 3 atom stereocenters. The molecular formula is C27H29N3O4S. The molecule has 2 aromatic carbocycles. The maximum absolute atomic E-state index is 13.6. The van der Waals surface area contributed by atoms with Gasteiger partial charge in [-0.15, -0.1) is 11.3 Å². The molecule has 2 heterocycles. The van der Waals surface area contributed by atoms with Crippen LogP contribution in [-0.2, 0) is 24.5 Å². The van der Waals surface area contributed by atoms with E-state index >= 15 is 0 Å². The molecule has 8 heteroatoms. The Morgan fingerprint density at radius 1 is 1.03 bits per heavy atom. The van der Waals surface area contributed by atoms with Crippen LogP contribution in [-0.4, -0.2) is 43.2 Å². The van der Waals surface area contributed by atoms with Crippen molar-refractivity contribution in [2.45, 2.75) is 38.3 Å². The molecule has 7 nitrogen and oxygen atoms in total. The number of allylic oxidation sites excluding steroid dienone is 1. The first-order valence-electron chi connectivity index (χ1n) is 11.3. The van der Waals surface area contributed by atoms with Crippen molar-refractivity contribution in [1.82, 2.24) is 10.3 Å². The van der Waals surface area contributed by atoms with Gasteiger partial charge in [0.05, 0.1) is 31.5 Å². The summed E-state index contributed by atoms with van der Waals surface area (Å²) >= 11 is 1.41. The number of anilines is 1. The van der Waals surface area contributed by atoms with E-state index < -0.39 is 29.4 Å². The Morgan fingerprint density at radius 3 is 2.34 bits per heavy atom. The van der Waals surface area contributed by atoms with E-state index in [9.17, 15) is 9.59 Å². The van der Waals surface area contributed by atoms with Gasteiger partial charge in [0.1, 0.15) is 5.41 Å². The van der Waals surface area contributed by atoms with Gasteiger partial charge in [-0.3, -0.25) is 4.79 Å². The molecule has 1 aliphatic rings. The highest BCUT2D eigenvalue weighted by Crippen LogP contribution is 2.43. The van der Waals surface area contributed by atoms with E-state index in [4.69, 9.17) is 14.5 Å². The molecule has 0 radical (unpaired) electrons. The number of thiazole rings is 1.